The van der Waals surface area contributed by atoms with Crippen LogP contribution < -0.4 is 5.73 Å². The summed E-state index contributed by atoms with van der Waals surface area (Å²) in [6, 6.07) is 0.273. The summed E-state index contributed by atoms with van der Waals surface area (Å²) < 4.78 is 4.91. The molecule has 15 heavy (non-hydrogen) atoms. The van der Waals surface area contributed by atoms with E-state index in [-0.39, 0.29) is 12.0 Å². The van der Waals surface area contributed by atoms with Gasteiger partial charge in [0.1, 0.15) is 0 Å². The van der Waals surface area contributed by atoms with E-state index in [1.165, 1.54) is 0 Å². The third kappa shape index (κ3) is 4.18. The van der Waals surface area contributed by atoms with Crippen LogP contribution in [0.5, 0.6) is 0 Å². The van der Waals surface area contributed by atoms with Crippen molar-refractivity contribution in [1.29, 1.82) is 0 Å². The van der Waals surface area contributed by atoms with E-state index >= 15 is 0 Å². The minimum absolute atomic E-state index is 0.114. The number of piperidine rings is 1. The topological polar surface area (TPSA) is 55.6 Å². The van der Waals surface area contributed by atoms with E-state index in [1.807, 2.05) is 6.92 Å². The normalized spacial score (nSPS) is 21.3. The number of likely N-dealkylation sites (tertiary alicyclic amines) is 1. The molecule has 88 valence electrons. The molecule has 0 aromatic carbocycles. The molecule has 0 bridgehead atoms. The molecule has 0 saturated carbocycles. The predicted molar refractivity (Wildman–Crippen MR) is 59.4 cm³/mol. The highest BCUT2D eigenvalue weighted by atomic mass is 16.5. The molecule has 4 heteroatoms. The Bertz CT molecular complexity index is 199. The van der Waals surface area contributed by atoms with Crippen molar-refractivity contribution in [2.24, 2.45) is 11.7 Å². The van der Waals surface area contributed by atoms with Crippen LogP contribution >= 0.6 is 0 Å². The van der Waals surface area contributed by atoms with Gasteiger partial charge in [-0.3, -0.25) is 9.69 Å². The summed E-state index contributed by atoms with van der Waals surface area (Å²) in [5.41, 5.74) is 5.85. The van der Waals surface area contributed by atoms with Gasteiger partial charge in [-0.25, -0.2) is 0 Å². The molecular formula is C11H22N2O2. The maximum absolute atomic E-state index is 11.2. The molecule has 1 saturated heterocycles. The minimum Gasteiger partial charge on any atom is -0.465 e. The minimum atomic E-state index is -0.114. The number of hydrogen-bond donors (Lipinski definition) is 1. The zero-order valence-corrected chi connectivity index (χ0v) is 9.74. The van der Waals surface area contributed by atoms with Gasteiger partial charge in [-0.05, 0) is 45.7 Å². The Morgan fingerprint density at radius 1 is 1.53 bits per heavy atom. The molecule has 1 aliphatic rings. The molecule has 0 spiro atoms. The van der Waals surface area contributed by atoms with Crippen LogP contribution in [0.1, 0.15) is 26.7 Å². The lowest BCUT2D eigenvalue weighted by atomic mass is 9.91. The SMILES string of the molecule is CCOC(=O)CN1CCC(C(C)N)CC1. The van der Waals surface area contributed by atoms with Crippen molar-refractivity contribution in [3.8, 4) is 0 Å². The molecule has 0 radical (unpaired) electrons. The van der Waals surface area contributed by atoms with Crippen LogP contribution in [0.25, 0.3) is 0 Å². The Hall–Kier alpha value is -0.610. The molecule has 1 aliphatic heterocycles. The smallest absolute Gasteiger partial charge is 0.320 e. The van der Waals surface area contributed by atoms with Gasteiger partial charge in [-0.1, -0.05) is 0 Å². The average Bonchev–Trinajstić information content (AvgIpc) is 2.18. The fourth-order valence-electron chi connectivity index (χ4n) is 2.03. The van der Waals surface area contributed by atoms with Gasteiger partial charge in [0.2, 0.25) is 0 Å². The number of rotatable bonds is 4. The van der Waals surface area contributed by atoms with Crippen molar-refractivity contribution in [3.05, 3.63) is 0 Å². The van der Waals surface area contributed by atoms with E-state index in [0.29, 0.717) is 19.1 Å². The van der Waals surface area contributed by atoms with Gasteiger partial charge < -0.3 is 10.5 Å². The fourth-order valence-corrected chi connectivity index (χ4v) is 2.03. The number of ether oxygens (including phenoxy) is 1. The van der Waals surface area contributed by atoms with E-state index in [1.54, 1.807) is 0 Å². The average molecular weight is 214 g/mol. The Labute approximate surface area is 91.8 Å². The zero-order valence-electron chi connectivity index (χ0n) is 9.74. The number of carbonyl (C=O) groups is 1. The number of hydrogen-bond acceptors (Lipinski definition) is 4. The van der Waals surface area contributed by atoms with E-state index in [4.69, 9.17) is 10.5 Å². The highest BCUT2D eigenvalue weighted by Crippen LogP contribution is 2.19. The maximum atomic E-state index is 11.2. The Kier molecular flexibility index (Phi) is 5.05. The number of nitrogens with zero attached hydrogens (tertiary/aromatic N) is 1. The first-order chi connectivity index (χ1) is 7.13. The molecule has 1 fully saturated rings. The molecule has 0 aromatic heterocycles. The van der Waals surface area contributed by atoms with Gasteiger partial charge in [0.05, 0.1) is 13.2 Å². The van der Waals surface area contributed by atoms with Crippen LogP contribution in [0.4, 0.5) is 0 Å². The van der Waals surface area contributed by atoms with Crippen molar-refractivity contribution >= 4 is 5.97 Å². The second-order valence-electron chi connectivity index (χ2n) is 4.28. The quantitative estimate of drug-likeness (QED) is 0.697. The molecule has 2 N–H and O–H groups in total. The van der Waals surface area contributed by atoms with Gasteiger partial charge in [-0.15, -0.1) is 0 Å². The second kappa shape index (κ2) is 6.08. The van der Waals surface area contributed by atoms with Gasteiger partial charge in [0.25, 0.3) is 0 Å². The lowest BCUT2D eigenvalue weighted by Crippen LogP contribution is -2.42. The summed E-state index contributed by atoms with van der Waals surface area (Å²) in [7, 11) is 0. The van der Waals surface area contributed by atoms with E-state index < -0.39 is 0 Å². The third-order valence-electron chi connectivity index (χ3n) is 3.03. The molecular weight excluding hydrogens is 192 g/mol. The van der Waals surface area contributed by atoms with E-state index in [9.17, 15) is 4.79 Å². The lowest BCUT2D eigenvalue weighted by Gasteiger charge is -2.32. The number of esters is 1. The summed E-state index contributed by atoms with van der Waals surface area (Å²) in [6.07, 6.45) is 2.19. The lowest BCUT2D eigenvalue weighted by molar-refractivity contribution is -0.144. The molecule has 1 atom stereocenters. The molecule has 1 heterocycles. The van der Waals surface area contributed by atoms with Crippen molar-refractivity contribution in [1.82, 2.24) is 4.90 Å². The summed E-state index contributed by atoms with van der Waals surface area (Å²) in [6.45, 7) is 6.72. The largest absolute Gasteiger partial charge is 0.465 e. The Morgan fingerprint density at radius 3 is 2.60 bits per heavy atom. The second-order valence-corrected chi connectivity index (χ2v) is 4.28. The zero-order chi connectivity index (χ0) is 11.3. The molecule has 1 rings (SSSR count). The van der Waals surface area contributed by atoms with Crippen LogP contribution in [0, 0.1) is 5.92 Å². The van der Waals surface area contributed by atoms with Crippen molar-refractivity contribution in [3.63, 3.8) is 0 Å². The summed E-state index contributed by atoms with van der Waals surface area (Å²) >= 11 is 0. The summed E-state index contributed by atoms with van der Waals surface area (Å²) in [5.74, 6) is 0.500. The van der Waals surface area contributed by atoms with E-state index in [2.05, 4.69) is 11.8 Å². The Morgan fingerprint density at radius 2 is 2.13 bits per heavy atom. The van der Waals surface area contributed by atoms with Crippen LogP contribution in [-0.4, -0.2) is 43.2 Å². The molecule has 1 unspecified atom stereocenters. The molecule has 4 nitrogen and oxygen atoms in total. The number of nitrogens with two attached hydrogens (primary N) is 1. The Balaban J connectivity index is 2.22. The first-order valence-electron chi connectivity index (χ1n) is 5.77. The fraction of sp³-hybridized carbons (Fsp3) is 0.909. The highest BCUT2D eigenvalue weighted by molar-refractivity contribution is 5.71. The standard InChI is InChI=1S/C11H22N2O2/c1-3-15-11(14)8-13-6-4-10(5-7-13)9(2)12/h9-10H,3-8,12H2,1-2H3. The highest BCUT2D eigenvalue weighted by Gasteiger charge is 2.23. The van der Waals surface area contributed by atoms with Crippen molar-refractivity contribution < 1.29 is 9.53 Å². The maximum Gasteiger partial charge on any atom is 0.320 e. The van der Waals surface area contributed by atoms with Crippen LogP contribution in [0.3, 0.4) is 0 Å². The predicted octanol–water partition coefficient (Wildman–Crippen LogP) is 0.609. The number of carbonyl (C=O) groups excluding carboxylic acids is 1. The van der Waals surface area contributed by atoms with Gasteiger partial charge >= 0.3 is 5.97 Å². The molecule has 0 amide bonds. The van der Waals surface area contributed by atoms with Crippen molar-refractivity contribution in [2.45, 2.75) is 32.7 Å². The van der Waals surface area contributed by atoms with Gasteiger partial charge in [-0.2, -0.15) is 0 Å². The molecule has 0 aliphatic carbocycles. The first-order valence-corrected chi connectivity index (χ1v) is 5.77. The van der Waals surface area contributed by atoms with Crippen LogP contribution in [0.2, 0.25) is 0 Å². The van der Waals surface area contributed by atoms with Gasteiger partial charge in [0, 0.05) is 6.04 Å². The van der Waals surface area contributed by atoms with Crippen LogP contribution in [-0.2, 0) is 9.53 Å². The van der Waals surface area contributed by atoms with Gasteiger partial charge in [0.15, 0.2) is 0 Å². The first kappa shape index (κ1) is 12.5. The monoisotopic (exact) mass is 214 g/mol. The van der Waals surface area contributed by atoms with E-state index in [0.717, 1.165) is 25.9 Å². The molecule has 0 aromatic rings. The van der Waals surface area contributed by atoms with Crippen LogP contribution in [0.15, 0.2) is 0 Å². The van der Waals surface area contributed by atoms with Crippen molar-refractivity contribution in [2.75, 3.05) is 26.2 Å². The summed E-state index contributed by atoms with van der Waals surface area (Å²) in [5, 5.41) is 0. The third-order valence-corrected chi connectivity index (χ3v) is 3.03. The summed E-state index contributed by atoms with van der Waals surface area (Å²) in [4.78, 5) is 13.4.